The van der Waals surface area contributed by atoms with Crippen LogP contribution in [0.4, 0.5) is 10.1 Å². The van der Waals surface area contributed by atoms with Gasteiger partial charge in [0.1, 0.15) is 5.82 Å². The Kier molecular flexibility index (Phi) is 11.1. The van der Waals surface area contributed by atoms with Crippen molar-refractivity contribution in [3.05, 3.63) is 112 Å². The average molecular weight is 708 g/mol. The Morgan fingerprint density at radius 2 is 1.81 bits per heavy atom. The lowest BCUT2D eigenvalue weighted by Crippen LogP contribution is -2.39. The molecule has 1 fully saturated rings. The van der Waals surface area contributed by atoms with E-state index in [4.69, 9.17) is 9.72 Å². The van der Waals surface area contributed by atoms with E-state index in [1.165, 1.54) is 11.1 Å². The molecule has 4 aromatic rings. The number of halogens is 1. The average Bonchev–Trinajstić information content (AvgIpc) is 3.08. The highest BCUT2D eigenvalue weighted by Gasteiger charge is 2.37. The van der Waals surface area contributed by atoms with Crippen molar-refractivity contribution in [2.75, 3.05) is 24.5 Å². The van der Waals surface area contributed by atoms with E-state index in [1.807, 2.05) is 52.9 Å². The summed E-state index contributed by atoms with van der Waals surface area (Å²) in [6, 6.07) is 15.7. The Balaban J connectivity index is 1.45. The van der Waals surface area contributed by atoms with Crippen LogP contribution in [0.1, 0.15) is 98.3 Å². The van der Waals surface area contributed by atoms with Crippen molar-refractivity contribution in [1.29, 1.82) is 0 Å². The normalized spacial score (nSPS) is 16.8. The van der Waals surface area contributed by atoms with E-state index in [0.29, 0.717) is 24.3 Å². The topological polar surface area (TPSA) is 90.8 Å². The predicted octanol–water partition coefficient (Wildman–Crippen LogP) is 8.31. The van der Waals surface area contributed by atoms with Crippen LogP contribution >= 0.6 is 0 Å². The van der Waals surface area contributed by atoms with E-state index >= 15 is 0 Å². The van der Waals surface area contributed by atoms with Crippen LogP contribution in [0.25, 0.3) is 11.1 Å². The van der Waals surface area contributed by atoms with Crippen LogP contribution in [0.15, 0.2) is 60.9 Å². The molecule has 2 aromatic heterocycles. The first kappa shape index (κ1) is 37.6. The van der Waals surface area contributed by atoms with Gasteiger partial charge < -0.3 is 20.1 Å². The van der Waals surface area contributed by atoms with E-state index in [1.54, 1.807) is 18.3 Å². The smallest absolute Gasteiger partial charge is 0.337 e. The minimum atomic E-state index is -1.19. The molecular formula is C43H54FN5O3. The summed E-state index contributed by atoms with van der Waals surface area (Å²) in [7, 11) is 0. The van der Waals surface area contributed by atoms with Crippen LogP contribution in [0, 0.1) is 25.1 Å². The molecule has 1 unspecified atom stereocenters. The molecule has 0 aliphatic carbocycles. The molecule has 0 amide bonds. The Hall–Kier alpha value is -4.18. The number of fused-ring (bicyclic) bond motifs is 1. The van der Waals surface area contributed by atoms with Crippen LogP contribution < -0.4 is 10.2 Å². The van der Waals surface area contributed by atoms with Crippen molar-refractivity contribution in [3.63, 3.8) is 0 Å². The number of anilines is 1. The lowest BCUT2D eigenvalue weighted by atomic mass is 9.81. The molecule has 1 atom stereocenters. The Morgan fingerprint density at radius 1 is 1.04 bits per heavy atom. The van der Waals surface area contributed by atoms with Crippen molar-refractivity contribution in [2.45, 2.75) is 106 Å². The number of pyridine rings is 2. The number of rotatable bonds is 11. The van der Waals surface area contributed by atoms with E-state index in [9.17, 15) is 14.3 Å². The van der Waals surface area contributed by atoms with Gasteiger partial charge in [-0.2, -0.15) is 0 Å². The van der Waals surface area contributed by atoms with Gasteiger partial charge in [-0.3, -0.25) is 14.9 Å². The molecule has 2 aliphatic rings. The monoisotopic (exact) mass is 707 g/mol. The van der Waals surface area contributed by atoms with Crippen molar-refractivity contribution >= 4 is 11.7 Å². The van der Waals surface area contributed by atoms with Gasteiger partial charge >= 0.3 is 5.97 Å². The summed E-state index contributed by atoms with van der Waals surface area (Å²) in [5.41, 5.74) is 10.4. The highest BCUT2D eigenvalue weighted by atomic mass is 19.1. The van der Waals surface area contributed by atoms with Gasteiger partial charge in [-0.15, -0.1) is 0 Å². The highest BCUT2D eigenvalue weighted by Crippen LogP contribution is 2.45. The van der Waals surface area contributed by atoms with Gasteiger partial charge in [0.15, 0.2) is 6.10 Å². The zero-order chi connectivity index (χ0) is 37.2. The molecule has 0 saturated carbocycles. The fourth-order valence-corrected chi connectivity index (χ4v) is 7.56. The van der Waals surface area contributed by atoms with Crippen LogP contribution in [-0.2, 0) is 42.1 Å². The standard InChI is InChI=1S/C43H54FN5O3/c1-28-21-35(44)13-12-33(28)26-48-18-14-31-22-32(10-11-34(31)27-48)38-36(25-46-24-30-9-8-17-45-23-30)47-29(2)37(40(41(50)51)52-42(3,4)5)39(38)49-19-15-43(6,7)16-20-49/h8-13,17,21-23,40,46H,14-16,18-20,24-27H2,1-7H3,(H,50,51). The second-order valence-corrected chi connectivity index (χ2v) is 16.4. The van der Waals surface area contributed by atoms with E-state index in [2.05, 4.69) is 58.2 Å². The number of carbonyl (C=O) groups is 1. The molecule has 2 N–H and O–H groups in total. The Labute approximate surface area is 308 Å². The van der Waals surface area contributed by atoms with Gasteiger partial charge in [-0.25, -0.2) is 9.18 Å². The molecule has 4 heterocycles. The van der Waals surface area contributed by atoms with Gasteiger partial charge in [0.25, 0.3) is 0 Å². The lowest BCUT2D eigenvalue weighted by molar-refractivity contribution is -0.160. The molecule has 52 heavy (non-hydrogen) atoms. The van der Waals surface area contributed by atoms with Gasteiger partial charge in [0.05, 0.1) is 17.0 Å². The lowest BCUT2D eigenvalue weighted by Gasteiger charge is -2.41. The first-order valence-corrected chi connectivity index (χ1v) is 18.6. The third-order valence-corrected chi connectivity index (χ3v) is 10.5. The maximum Gasteiger partial charge on any atom is 0.337 e. The van der Waals surface area contributed by atoms with Gasteiger partial charge in [-0.05, 0) is 111 Å². The second kappa shape index (κ2) is 15.4. The van der Waals surface area contributed by atoms with Crippen LogP contribution in [-0.4, -0.2) is 51.2 Å². The maximum absolute atomic E-state index is 13.8. The molecule has 1 saturated heterocycles. The number of aliphatic carboxylic acids is 1. The van der Waals surface area contributed by atoms with E-state index in [-0.39, 0.29) is 11.2 Å². The Bertz CT molecular complexity index is 1900. The molecule has 276 valence electrons. The molecule has 0 radical (unpaired) electrons. The van der Waals surface area contributed by atoms with Crippen LogP contribution in [0.5, 0.6) is 0 Å². The third kappa shape index (κ3) is 8.88. The second-order valence-electron chi connectivity index (χ2n) is 16.4. The number of hydrogen-bond donors (Lipinski definition) is 2. The molecule has 6 rings (SSSR count). The number of carboxylic acids is 1. The fourth-order valence-electron chi connectivity index (χ4n) is 7.56. The summed E-state index contributed by atoms with van der Waals surface area (Å²) in [4.78, 5) is 27.4. The van der Waals surface area contributed by atoms with Gasteiger partial charge in [0, 0.05) is 75.0 Å². The number of aromatic nitrogens is 2. The first-order chi connectivity index (χ1) is 24.7. The molecular weight excluding hydrogens is 654 g/mol. The molecule has 0 bridgehead atoms. The van der Waals surface area contributed by atoms with E-state index < -0.39 is 17.7 Å². The summed E-state index contributed by atoms with van der Waals surface area (Å²) in [5.74, 6) is -1.22. The number of aryl methyl sites for hydroxylation is 2. The minimum absolute atomic E-state index is 0.200. The summed E-state index contributed by atoms with van der Waals surface area (Å²) in [5, 5.41) is 14.3. The number of piperidine rings is 1. The molecule has 0 spiro atoms. The zero-order valence-corrected chi connectivity index (χ0v) is 31.9. The fraction of sp³-hybridized carbons (Fsp3) is 0.465. The molecule has 2 aliphatic heterocycles. The quantitative estimate of drug-likeness (QED) is 0.161. The third-order valence-electron chi connectivity index (χ3n) is 10.5. The van der Waals surface area contributed by atoms with Crippen molar-refractivity contribution in [3.8, 4) is 11.1 Å². The molecule has 2 aromatic carbocycles. The van der Waals surface area contributed by atoms with Crippen LogP contribution in [0.3, 0.4) is 0 Å². The highest BCUT2D eigenvalue weighted by molar-refractivity contribution is 5.88. The van der Waals surface area contributed by atoms with Gasteiger partial charge in [0.2, 0.25) is 0 Å². The first-order valence-electron chi connectivity index (χ1n) is 18.6. The number of nitrogens with zero attached hydrogens (tertiary/aromatic N) is 4. The molecule has 8 nitrogen and oxygen atoms in total. The maximum atomic E-state index is 13.8. The van der Waals surface area contributed by atoms with Crippen LogP contribution in [0.2, 0.25) is 0 Å². The molecule has 9 heteroatoms. The number of benzene rings is 2. The number of hydrogen-bond acceptors (Lipinski definition) is 7. The number of ether oxygens (including phenoxy) is 1. The summed E-state index contributed by atoms with van der Waals surface area (Å²) >= 11 is 0. The minimum Gasteiger partial charge on any atom is -0.479 e. The van der Waals surface area contributed by atoms with Crippen molar-refractivity contribution in [1.82, 2.24) is 20.2 Å². The predicted molar refractivity (Wildman–Crippen MR) is 205 cm³/mol. The summed E-state index contributed by atoms with van der Waals surface area (Å²) < 4.78 is 20.2. The zero-order valence-electron chi connectivity index (χ0n) is 31.9. The van der Waals surface area contributed by atoms with E-state index in [0.717, 1.165) is 91.2 Å². The number of carboxylic acid groups (broad SMARTS) is 1. The summed E-state index contributed by atoms with van der Waals surface area (Å²) in [6.07, 6.45) is 5.31. The SMILES string of the molecule is Cc1cc(F)ccc1CN1CCc2cc(-c3c(CNCc4cccnc4)nc(C)c(C(OC(C)(C)C)C(=O)O)c3N3CCC(C)(C)CC3)ccc2C1. The van der Waals surface area contributed by atoms with Gasteiger partial charge in [-0.1, -0.05) is 44.2 Å². The largest absolute Gasteiger partial charge is 0.479 e. The summed E-state index contributed by atoms with van der Waals surface area (Å²) in [6.45, 7) is 19.4. The Morgan fingerprint density at radius 3 is 2.48 bits per heavy atom. The van der Waals surface area contributed by atoms with Crippen molar-refractivity contribution < 1.29 is 19.0 Å². The van der Waals surface area contributed by atoms with Crippen molar-refractivity contribution in [2.24, 2.45) is 5.41 Å². The number of nitrogens with one attached hydrogen (secondary N) is 1.